The summed E-state index contributed by atoms with van der Waals surface area (Å²) in [5.41, 5.74) is 0. The highest BCUT2D eigenvalue weighted by molar-refractivity contribution is 5.78. The lowest BCUT2D eigenvalue weighted by molar-refractivity contribution is -0.318. The van der Waals surface area contributed by atoms with Crippen molar-refractivity contribution in [3.8, 4) is 0 Å². The molecule has 2 N–H and O–H groups in total. The largest absolute Gasteiger partial charge is 0.463 e. The predicted octanol–water partition coefficient (Wildman–Crippen LogP) is 7.20. The van der Waals surface area contributed by atoms with Gasteiger partial charge in [-0.25, -0.2) is 0 Å². The van der Waals surface area contributed by atoms with Crippen molar-refractivity contribution in [2.75, 3.05) is 6.61 Å². The van der Waals surface area contributed by atoms with Gasteiger partial charge in [-0.05, 0) is 46.0 Å². The number of esters is 5. The second-order valence-electron chi connectivity index (χ2n) is 17.5. The van der Waals surface area contributed by atoms with Gasteiger partial charge in [-0.15, -0.1) is 0 Å². The van der Waals surface area contributed by atoms with Crippen LogP contribution in [0.1, 0.15) is 197 Å². The normalized spacial score (nSPS) is 20.0. The minimum atomic E-state index is -1.36. The summed E-state index contributed by atoms with van der Waals surface area (Å²) < 4.78 is 39.7. The van der Waals surface area contributed by atoms with Crippen LogP contribution in [0.2, 0.25) is 0 Å². The van der Waals surface area contributed by atoms with Crippen LogP contribution in [0.4, 0.5) is 0 Å². The van der Waals surface area contributed by atoms with Gasteiger partial charge in [0.1, 0.15) is 24.6 Å². The van der Waals surface area contributed by atoms with Crippen LogP contribution < -0.4 is 10.6 Å². The van der Waals surface area contributed by atoms with Crippen molar-refractivity contribution in [2.45, 2.75) is 252 Å². The van der Waals surface area contributed by atoms with E-state index in [4.69, 9.17) is 33.2 Å². The van der Waals surface area contributed by atoms with E-state index in [9.17, 15) is 38.4 Å². The van der Waals surface area contributed by atoms with Gasteiger partial charge >= 0.3 is 29.8 Å². The molecule has 9 atom stereocenters. The van der Waals surface area contributed by atoms with Crippen LogP contribution in [0.25, 0.3) is 0 Å². The molecule has 1 aliphatic heterocycles. The first kappa shape index (κ1) is 58.9. The fraction of sp³-hybridized carbons (Fsp3) is 0.833. The molecular weight excluding hydrogens is 845 g/mol. The number of Topliss-reactive ketones (excluding diaryl/α,β-unsaturated/α-hetero) is 1. The number of hydrogen-bond donors (Lipinski definition) is 2. The maximum Gasteiger partial charge on any atom is 0.303 e. The predicted molar refractivity (Wildman–Crippen MR) is 241 cm³/mol. The van der Waals surface area contributed by atoms with Crippen molar-refractivity contribution in [3.05, 3.63) is 0 Å². The Morgan fingerprint density at radius 2 is 0.846 bits per heavy atom. The zero-order chi connectivity index (χ0) is 48.7. The van der Waals surface area contributed by atoms with E-state index in [1.807, 2.05) is 6.92 Å². The first-order valence-corrected chi connectivity index (χ1v) is 24.0. The van der Waals surface area contributed by atoms with Gasteiger partial charge in [0.05, 0.1) is 18.2 Å². The zero-order valence-corrected chi connectivity index (χ0v) is 40.9. The highest BCUT2D eigenvalue weighted by Crippen LogP contribution is 2.32. The number of hydrogen-bond acceptors (Lipinski definition) is 15. The van der Waals surface area contributed by atoms with Crippen LogP contribution in [-0.4, -0.2) is 109 Å². The summed E-state index contributed by atoms with van der Waals surface area (Å²) in [6.45, 7) is 12.2. The van der Waals surface area contributed by atoms with Crippen molar-refractivity contribution in [1.82, 2.24) is 10.6 Å². The van der Waals surface area contributed by atoms with Gasteiger partial charge in [0, 0.05) is 61.3 Å². The number of unbranched alkanes of at least 4 members (excludes halogenated alkanes) is 15. The summed E-state index contributed by atoms with van der Waals surface area (Å²) in [4.78, 5) is 95.6. The molecule has 17 nitrogen and oxygen atoms in total. The van der Waals surface area contributed by atoms with E-state index in [1.54, 1.807) is 6.92 Å². The Kier molecular flexibility index (Phi) is 31.0. The second kappa shape index (κ2) is 34.2. The third kappa shape index (κ3) is 28.5. The molecule has 1 heterocycles. The maximum atomic E-state index is 12.4. The van der Waals surface area contributed by atoms with Gasteiger partial charge in [-0.1, -0.05) is 89.9 Å². The zero-order valence-electron chi connectivity index (χ0n) is 40.9. The van der Waals surface area contributed by atoms with Crippen molar-refractivity contribution in [1.29, 1.82) is 0 Å². The van der Waals surface area contributed by atoms with Gasteiger partial charge < -0.3 is 43.8 Å². The average Bonchev–Trinajstić information content (AvgIpc) is 3.19. The first-order chi connectivity index (χ1) is 30.8. The molecule has 0 aromatic heterocycles. The summed E-state index contributed by atoms with van der Waals surface area (Å²) in [6, 6.07) is -0.716. The Bertz CT molecular complexity index is 1460. The molecule has 0 spiro atoms. The fourth-order valence-electron chi connectivity index (χ4n) is 8.12. The van der Waals surface area contributed by atoms with Crippen LogP contribution in [0.5, 0.6) is 0 Å². The van der Waals surface area contributed by atoms with Crippen LogP contribution >= 0.6 is 0 Å². The SMILES string of the molecule is CC(=O)N[C@H](C)[C@@H](CCCCCCCC(=O)CCCCCCCCCCCCCC[C@@H](O[C@@H]1O[C@H](COC(C)=O)[C@H](OC(C)=O)[C@H](OC(C)=O)[C@H]1OC(C)=O)[C@@H](C)NC(C)=O)OC(C)=O. The molecule has 1 fully saturated rings. The Morgan fingerprint density at radius 3 is 1.26 bits per heavy atom. The van der Waals surface area contributed by atoms with E-state index in [-0.39, 0.29) is 36.5 Å². The van der Waals surface area contributed by atoms with Gasteiger partial charge in [0.2, 0.25) is 11.8 Å². The number of carbonyl (C=O) groups excluding carboxylic acids is 8. The van der Waals surface area contributed by atoms with Crippen molar-refractivity contribution in [3.63, 3.8) is 0 Å². The molecule has 0 aliphatic carbocycles. The van der Waals surface area contributed by atoms with E-state index in [0.717, 1.165) is 104 Å². The third-order valence-corrected chi connectivity index (χ3v) is 11.2. The number of nitrogens with one attached hydrogen (secondary N) is 2. The summed E-state index contributed by atoms with van der Waals surface area (Å²) in [5, 5.41) is 5.66. The Balaban J connectivity index is 2.43. The lowest BCUT2D eigenvalue weighted by Crippen LogP contribution is -2.63. The molecule has 1 aliphatic rings. The number of carbonyl (C=O) groups is 8. The van der Waals surface area contributed by atoms with Crippen LogP contribution in [0, 0.1) is 0 Å². The molecule has 0 aromatic rings. The highest BCUT2D eigenvalue weighted by atomic mass is 16.7. The Morgan fingerprint density at radius 1 is 0.462 bits per heavy atom. The number of ether oxygens (including phenoxy) is 7. The summed E-state index contributed by atoms with van der Waals surface area (Å²) in [5.74, 6) is -3.24. The number of ketones is 1. The van der Waals surface area contributed by atoms with Crippen LogP contribution in [-0.2, 0) is 71.5 Å². The minimum absolute atomic E-state index is 0.148. The van der Waals surface area contributed by atoms with E-state index in [0.29, 0.717) is 31.5 Å². The highest BCUT2D eigenvalue weighted by Gasteiger charge is 2.53. The monoisotopic (exact) mass is 927 g/mol. The number of rotatable bonds is 35. The smallest absolute Gasteiger partial charge is 0.303 e. The molecule has 0 aromatic carbocycles. The molecule has 1 rings (SSSR count). The summed E-state index contributed by atoms with van der Waals surface area (Å²) >= 11 is 0. The van der Waals surface area contributed by atoms with Gasteiger partial charge in [-0.3, -0.25) is 38.4 Å². The molecule has 1 saturated heterocycles. The van der Waals surface area contributed by atoms with E-state index >= 15 is 0 Å². The Hall–Kier alpha value is -4.12. The van der Waals surface area contributed by atoms with E-state index in [1.165, 1.54) is 53.9 Å². The van der Waals surface area contributed by atoms with Crippen LogP contribution in [0.3, 0.4) is 0 Å². The third-order valence-electron chi connectivity index (χ3n) is 11.2. The average molecular weight is 927 g/mol. The lowest BCUT2D eigenvalue weighted by atomic mass is 9.97. The quantitative estimate of drug-likeness (QED) is 0.0364. The lowest BCUT2D eigenvalue weighted by Gasteiger charge is -2.45. The summed E-state index contributed by atoms with van der Waals surface area (Å²) in [7, 11) is 0. The first-order valence-electron chi connectivity index (χ1n) is 24.0. The topological polar surface area (TPSA) is 225 Å². The molecular formula is C48H82N2O15. The fourth-order valence-corrected chi connectivity index (χ4v) is 8.12. The van der Waals surface area contributed by atoms with E-state index < -0.39 is 66.7 Å². The van der Waals surface area contributed by atoms with Crippen molar-refractivity contribution >= 4 is 47.4 Å². The summed E-state index contributed by atoms with van der Waals surface area (Å²) in [6.07, 6.45) is 12.7. The minimum Gasteiger partial charge on any atom is -0.463 e. The molecule has 0 unspecified atom stereocenters. The van der Waals surface area contributed by atoms with Crippen LogP contribution in [0.15, 0.2) is 0 Å². The Labute approximate surface area is 387 Å². The van der Waals surface area contributed by atoms with Gasteiger partial charge in [0.25, 0.3) is 0 Å². The maximum absolute atomic E-state index is 12.4. The molecule has 0 saturated carbocycles. The molecule has 0 bridgehead atoms. The van der Waals surface area contributed by atoms with E-state index in [2.05, 4.69) is 10.6 Å². The molecule has 0 radical (unpaired) electrons. The molecule has 65 heavy (non-hydrogen) atoms. The van der Waals surface area contributed by atoms with Gasteiger partial charge in [-0.2, -0.15) is 0 Å². The van der Waals surface area contributed by atoms with Crippen molar-refractivity contribution < 1.29 is 71.5 Å². The second-order valence-corrected chi connectivity index (χ2v) is 17.5. The standard InChI is InChI=1S/C48H82N2O15/c1-32(49-34(3)51)42(60-37(6)54)29-25-22-18-20-24-28-41(58)27-23-19-16-14-12-10-11-13-15-17-21-26-30-43(33(2)50-35(4)52)64-48-47(63-40(9)57)46(62-39(8)56)45(61-38(7)55)44(65-48)31-59-36(5)53/h32-33,42-48H,10-31H2,1-9H3,(H,49,51)(H,50,52)/t32-,33-,42-,43-,44-,45+,46+,47-,48-/m1/s1. The van der Waals surface area contributed by atoms with Crippen molar-refractivity contribution in [2.24, 2.45) is 0 Å². The van der Waals surface area contributed by atoms with Gasteiger partial charge in [0.15, 0.2) is 24.6 Å². The molecule has 374 valence electrons. The molecule has 2 amide bonds. The number of amides is 2. The molecule has 17 heteroatoms.